The number of amides is 1. The maximum absolute atomic E-state index is 11.4. The van der Waals surface area contributed by atoms with E-state index in [1.165, 1.54) is 5.56 Å². The number of nitrogens with one attached hydrogen (secondary N) is 1. The standard InChI is InChI=1S/C15H24N2O2/c1-3-17(4-2)12-13-19-15(18)16-11-10-14-8-6-5-7-9-14/h5-9H,3-4,10-13H2,1-2H3,(H,16,18). The van der Waals surface area contributed by atoms with Gasteiger partial charge in [-0.3, -0.25) is 0 Å². The van der Waals surface area contributed by atoms with Crippen LogP contribution in [0, 0.1) is 0 Å². The Labute approximate surface area is 115 Å². The van der Waals surface area contributed by atoms with Gasteiger partial charge in [-0.25, -0.2) is 4.79 Å². The molecule has 0 fully saturated rings. The van der Waals surface area contributed by atoms with Gasteiger partial charge in [-0.15, -0.1) is 0 Å². The molecule has 0 bridgehead atoms. The van der Waals surface area contributed by atoms with Gasteiger partial charge in [-0.1, -0.05) is 44.2 Å². The molecule has 0 heterocycles. The fourth-order valence-corrected chi connectivity index (χ4v) is 1.81. The third kappa shape index (κ3) is 6.82. The van der Waals surface area contributed by atoms with E-state index in [0.29, 0.717) is 13.2 Å². The molecule has 0 aliphatic rings. The fraction of sp³-hybridized carbons (Fsp3) is 0.533. The highest BCUT2D eigenvalue weighted by molar-refractivity contribution is 5.67. The monoisotopic (exact) mass is 264 g/mol. The van der Waals surface area contributed by atoms with Crippen molar-refractivity contribution in [2.45, 2.75) is 20.3 Å². The van der Waals surface area contributed by atoms with Crippen molar-refractivity contribution < 1.29 is 9.53 Å². The van der Waals surface area contributed by atoms with E-state index in [2.05, 4.69) is 24.1 Å². The van der Waals surface area contributed by atoms with Gasteiger partial charge in [0.1, 0.15) is 6.61 Å². The number of likely N-dealkylation sites (N-methyl/N-ethyl adjacent to an activating group) is 1. The summed E-state index contributed by atoms with van der Waals surface area (Å²) in [4.78, 5) is 13.7. The van der Waals surface area contributed by atoms with Gasteiger partial charge < -0.3 is 15.0 Å². The van der Waals surface area contributed by atoms with Gasteiger partial charge in [0, 0.05) is 13.1 Å². The van der Waals surface area contributed by atoms with Gasteiger partial charge in [-0.2, -0.15) is 0 Å². The molecule has 1 aromatic carbocycles. The van der Waals surface area contributed by atoms with Crippen LogP contribution in [0.25, 0.3) is 0 Å². The zero-order chi connectivity index (χ0) is 13.9. The third-order valence-corrected chi connectivity index (χ3v) is 3.06. The first kappa shape index (κ1) is 15.5. The molecule has 4 nitrogen and oxygen atoms in total. The molecule has 4 heteroatoms. The molecule has 106 valence electrons. The number of hydrogen-bond donors (Lipinski definition) is 1. The van der Waals surface area contributed by atoms with Crippen LogP contribution in [-0.4, -0.2) is 43.8 Å². The van der Waals surface area contributed by atoms with Crippen LogP contribution >= 0.6 is 0 Å². The van der Waals surface area contributed by atoms with Crippen LogP contribution in [0.2, 0.25) is 0 Å². The molecule has 0 aliphatic carbocycles. The molecule has 1 aromatic rings. The van der Waals surface area contributed by atoms with Crippen LogP contribution in [0.15, 0.2) is 30.3 Å². The van der Waals surface area contributed by atoms with Gasteiger partial charge >= 0.3 is 6.09 Å². The van der Waals surface area contributed by atoms with E-state index >= 15 is 0 Å². The highest BCUT2D eigenvalue weighted by Crippen LogP contribution is 1.98. The average Bonchev–Trinajstić information content (AvgIpc) is 2.45. The zero-order valence-electron chi connectivity index (χ0n) is 11.9. The average molecular weight is 264 g/mol. The Hall–Kier alpha value is -1.55. The summed E-state index contributed by atoms with van der Waals surface area (Å²) in [5.74, 6) is 0. The number of rotatable bonds is 8. The van der Waals surface area contributed by atoms with Crippen molar-refractivity contribution in [3.8, 4) is 0 Å². The van der Waals surface area contributed by atoms with E-state index in [9.17, 15) is 4.79 Å². The van der Waals surface area contributed by atoms with Gasteiger partial charge in [0.2, 0.25) is 0 Å². The highest BCUT2D eigenvalue weighted by Gasteiger charge is 2.03. The Morgan fingerprint density at radius 1 is 1.21 bits per heavy atom. The lowest BCUT2D eigenvalue weighted by Gasteiger charge is -2.17. The molecule has 0 atom stereocenters. The molecule has 1 N–H and O–H groups in total. The number of carbonyl (C=O) groups is 1. The second-order valence-corrected chi connectivity index (χ2v) is 4.33. The zero-order valence-corrected chi connectivity index (χ0v) is 11.9. The number of benzene rings is 1. The van der Waals surface area contributed by atoms with E-state index in [-0.39, 0.29) is 6.09 Å². The van der Waals surface area contributed by atoms with Crippen LogP contribution < -0.4 is 5.32 Å². The summed E-state index contributed by atoms with van der Waals surface area (Å²) < 4.78 is 5.12. The van der Waals surface area contributed by atoms with Gasteiger partial charge in [0.15, 0.2) is 0 Å². The Balaban J connectivity index is 2.08. The van der Waals surface area contributed by atoms with Crippen LogP contribution in [0.1, 0.15) is 19.4 Å². The molecule has 0 aromatic heterocycles. The van der Waals surface area contributed by atoms with E-state index in [0.717, 1.165) is 26.1 Å². The Kier molecular flexibility index (Phi) is 7.66. The van der Waals surface area contributed by atoms with Crippen molar-refractivity contribution in [3.05, 3.63) is 35.9 Å². The molecule has 0 saturated heterocycles. The van der Waals surface area contributed by atoms with Crippen molar-refractivity contribution in [3.63, 3.8) is 0 Å². The summed E-state index contributed by atoms with van der Waals surface area (Å²) >= 11 is 0. The maximum Gasteiger partial charge on any atom is 0.407 e. The molecule has 0 unspecified atom stereocenters. The second kappa shape index (κ2) is 9.39. The van der Waals surface area contributed by atoms with Crippen LogP contribution in [0.3, 0.4) is 0 Å². The molecule has 1 rings (SSSR count). The molecule has 0 spiro atoms. The van der Waals surface area contributed by atoms with Crippen LogP contribution in [0.4, 0.5) is 4.79 Å². The smallest absolute Gasteiger partial charge is 0.407 e. The fourth-order valence-electron chi connectivity index (χ4n) is 1.81. The normalized spacial score (nSPS) is 10.5. The molecule has 1 amide bonds. The number of ether oxygens (including phenoxy) is 1. The van der Waals surface area contributed by atoms with Crippen molar-refractivity contribution in [2.75, 3.05) is 32.8 Å². The minimum absolute atomic E-state index is 0.330. The minimum atomic E-state index is -0.330. The largest absolute Gasteiger partial charge is 0.448 e. The van der Waals surface area contributed by atoms with Gasteiger partial charge in [0.05, 0.1) is 0 Å². The molecule has 0 aliphatic heterocycles. The van der Waals surface area contributed by atoms with E-state index < -0.39 is 0 Å². The summed E-state index contributed by atoms with van der Waals surface area (Å²) in [6.07, 6.45) is 0.495. The van der Waals surface area contributed by atoms with E-state index in [4.69, 9.17) is 4.74 Å². The van der Waals surface area contributed by atoms with Crippen molar-refractivity contribution >= 4 is 6.09 Å². The van der Waals surface area contributed by atoms with Crippen molar-refractivity contribution in [2.24, 2.45) is 0 Å². The first-order valence-electron chi connectivity index (χ1n) is 6.93. The third-order valence-electron chi connectivity index (χ3n) is 3.06. The maximum atomic E-state index is 11.4. The quantitative estimate of drug-likeness (QED) is 0.783. The number of hydrogen-bond acceptors (Lipinski definition) is 3. The summed E-state index contributed by atoms with van der Waals surface area (Å²) in [6.45, 7) is 8.00. The lowest BCUT2D eigenvalue weighted by atomic mass is 10.1. The van der Waals surface area contributed by atoms with Gasteiger partial charge in [0.25, 0.3) is 0 Å². The van der Waals surface area contributed by atoms with E-state index in [1.807, 2.05) is 30.3 Å². The topological polar surface area (TPSA) is 41.6 Å². The molecule has 0 saturated carbocycles. The molecular weight excluding hydrogens is 240 g/mol. The summed E-state index contributed by atoms with van der Waals surface area (Å²) in [7, 11) is 0. The molecular formula is C15H24N2O2. The van der Waals surface area contributed by atoms with Crippen LogP contribution in [-0.2, 0) is 11.2 Å². The Morgan fingerprint density at radius 2 is 1.89 bits per heavy atom. The first-order chi connectivity index (χ1) is 9.26. The number of nitrogens with zero attached hydrogens (tertiary/aromatic N) is 1. The first-order valence-corrected chi connectivity index (χ1v) is 6.93. The van der Waals surface area contributed by atoms with Crippen molar-refractivity contribution in [1.82, 2.24) is 10.2 Å². The van der Waals surface area contributed by atoms with Crippen molar-refractivity contribution in [1.29, 1.82) is 0 Å². The number of alkyl carbamates (subject to hydrolysis) is 1. The second-order valence-electron chi connectivity index (χ2n) is 4.33. The summed E-state index contributed by atoms with van der Waals surface area (Å²) in [5.41, 5.74) is 1.21. The summed E-state index contributed by atoms with van der Waals surface area (Å²) in [6, 6.07) is 10.1. The molecule has 0 radical (unpaired) electrons. The minimum Gasteiger partial charge on any atom is -0.448 e. The van der Waals surface area contributed by atoms with Crippen LogP contribution in [0.5, 0.6) is 0 Å². The highest BCUT2D eigenvalue weighted by atomic mass is 16.5. The summed E-state index contributed by atoms with van der Waals surface area (Å²) in [5, 5.41) is 2.76. The number of carbonyl (C=O) groups excluding carboxylic acids is 1. The lowest BCUT2D eigenvalue weighted by molar-refractivity contribution is 0.129. The Bertz CT molecular complexity index is 350. The van der Waals surface area contributed by atoms with E-state index in [1.54, 1.807) is 0 Å². The predicted molar refractivity (Wildman–Crippen MR) is 77.3 cm³/mol. The predicted octanol–water partition coefficient (Wildman–Crippen LogP) is 2.30. The lowest BCUT2D eigenvalue weighted by Crippen LogP contribution is -2.31. The van der Waals surface area contributed by atoms with Gasteiger partial charge in [-0.05, 0) is 25.1 Å². The Morgan fingerprint density at radius 3 is 2.53 bits per heavy atom. The molecule has 19 heavy (non-hydrogen) atoms. The SMILES string of the molecule is CCN(CC)CCOC(=O)NCCc1ccccc1.